The van der Waals surface area contributed by atoms with Crippen molar-refractivity contribution >= 4 is 11.6 Å². The number of aryl methyl sites for hydroxylation is 1. The van der Waals surface area contributed by atoms with E-state index in [0.29, 0.717) is 0 Å². The molecule has 3 nitrogen and oxygen atoms in total. The van der Waals surface area contributed by atoms with Crippen molar-refractivity contribution in [2.75, 3.05) is 0 Å². The zero-order valence-electron chi connectivity index (χ0n) is 9.43. The number of alkyl halides is 6. The second kappa shape index (κ2) is 5.20. The van der Waals surface area contributed by atoms with Crippen LogP contribution in [0.25, 0.3) is 0 Å². The van der Waals surface area contributed by atoms with Crippen LogP contribution in [0.3, 0.4) is 0 Å². The first-order valence-corrected chi connectivity index (χ1v) is 5.40. The molecule has 0 radical (unpaired) electrons. The molecular formula is C9H9ClF6N2O. The molecule has 0 aliphatic rings. The minimum Gasteiger partial charge on any atom is -0.386 e. The molecular weight excluding hydrogens is 302 g/mol. The zero-order chi connectivity index (χ0) is 15.0. The van der Waals surface area contributed by atoms with Gasteiger partial charge in [0.1, 0.15) is 6.10 Å². The van der Waals surface area contributed by atoms with E-state index in [1.807, 2.05) is 0 Å². The molecule has 0 saturated heterocycles. The quantitative estimate of drug-likeness (QED) is 0.870. The summed E-state index contributed by atoms with van der Waals surface area (Å²) in [4.78, 5) is 0. The minimum absolute atomic E-state index is 0.0262. The predicted molar refractivity (Wildman–Crippen MR) is 53.5 cm³/mol. The Labute approximate surface area is 108 Å². The van der Waals surface area contributed by atoms with Crippen molar-refractivity contribution in [3.63, 3.8) is 0 Å². The number of aliphatic hydroxyl groups excluding tert-OH is 1. The fourth-order valence-electron chi connectivity index (χ4n) is 1.62. The molecule has 0 saturated carbocycles. The van der Waals surface area contributed by atoms with Gasteiger partial charge in [0.25, 0.3) is 0 Å². The molecule has 1 N–H and O–H groups in total. The molecule has 1 aromatic rings. The highest BCUT2D eigenvalue weighted by Crippen LogP contribution is 2.47. The lowest BCUT2D eigenvalue weighted by Gasteiger charge is -2.27. The lowest BCUT2D eigenvalue weighted by Crippen LogP contribution is -2.41. The fourth-order valence-corrected chi connectivity index (χ4v) is 1.87. The maximum atomic E-state index is 12.5. The number of hydrogen-bond donors (Lipinski definition) is 1. The van der Waals surface area contributed by atoms with Gasteiger partial charge in [-0.15, -0.1) is 0 Å². The summed E-state index contributed by atoms with van der Waals surface area (Å²) in [5, 5.41) is 12.5. The van der Waals surface area contributed by atoms with Crippen molar-refractivity contribution in [2.24, 2.45) is 5.92 Å². The molecule has 110 valence electrons. The Morgan fingerprint density at radius 3 is 2.11 bits per heavy atom. The normalized spacial score (nSPS) is 15.1. The molecule has 1 heterocycles. The highest BCUT2D eigenvalue weighted by Gasteiger charge is 2.61. The smallest absolute Gasteiger partial charge is 0.386 e. The first kappa shape index (κ1) is 16.1. The summed E-state index contributed by atoms with van der Waals surface area (Å²) >= 11 is 5.48. The summed E-state index contributed by atoms with van der Waals surface area (Å²) in [6.45, 7) is 1.41. The molecule has 1 unspecified atom stereocenters. The third-order valence-electron chi connectivity index (χ3n) is 2.43. The average molecular weight is 311 g/mol. The van der Waals surface area contributed by atoms with Crippen molar-refractivity contribution in [1.29, 1.82) is 0 Å². The van der Waals surface area contributed by atoms with E-state index in [1.54, 1.807) is 0 Å². The number of hydrogen-bond acceptors (Lipinski definition) is 2. The van der Waals surface area contributed by atoms with Gasteiger partial charge in [-0.1, -0.05) is 11.6 Å². The van der Waals surface area contributed by atoms with Gasteiger partial charge in [-0.25, -0.2) is 0 Å². The first-order chi connectivity index (χ1) is 8.50. The number of halogens is 7. The van der Waals surface area contributed by atoms with Crippen LogP contribution in [0.4, 0.5) is 26.3 Å². The van der Waals surface area contributed by atoms with Crippen molar-refractivity contribution < 1.29 is 31.4 Å². The molecule has 1 aromatic heterocycles. The molecule has 0 aromatic carbocycles. The maximum absolute atomic E-state index is 12.5. The molecule has 0 amide bonds. The molecule has 0 spiro atoms. The lowest BCUT2D eigenvalue weighted by molar-refractivity contribution is -0.308. The Balaban J connectivity index is 3.28. The van der Waals surface area contributed by atoms with Crippen LogP contribution in [0, 0.1) is 5.92 Å². The summed E-state index contributed by atoms with van der Waals surface area (Å²) in [6, 6.07) is 0. The number of nitrogens with zero attached hydrogens (tertiary/aromatic N) is 2. The molecule has 0 bridgehead atoms. The van der Waals surface area contributed by atoms with Crippen LogP contribution in [-0.2, 0) is 6.54 Å². The van der Waals surface area contributed by atoms with Crippen molar-refractivity contribution in [1.82, 2.24) is 9.78 Å². The maximum Gasteiger partial charge on any atom is 0.403 e. The Morgan fingerprint density at radius 2 is 1.74 bits per heavy atom. The Morgan fingerprint density at radius 1 is 1.26 bits per heavy atom. The van der Waals surface area contributed by atoms with E-state index in [1.165, 1.54) is 6.92 Å². The van der Waals surface area contributed by atoms with Crippen molar-refractivity contribution in [3.05, 3.63) is 16.9 Å². The summed E-state index contributed by atoms with van der Waals surface area (Å²) in [5.41, 5.74) is -0.705. The predicted octanol–water partition coefficient (Wildman–Crippen LogP) is 3.33. The molecule has 1 atom stereocenters. The second-order valence-electron chi connectivity index (χ2n) is 3.70. The van der Waals surface area contributed by atoms with E-state index in [0.717, 1.165) is 10.9 Å². The fraction of sp³-hybridized carbons (Fsp3) is 0.667. The Kier molecular flexibility index (Phi) is 4.40. The number of rotatable bonds is 3. The van der Waals surface area contributed by atoms with Crippen LogP contribution in [-0.4, -0.2) is 27.2 Å². The van der Waals surface area contributed by atoms with E-state index in [4.69, 9.17) is 11.6 Å². The van der Waals surface area contributed by atoms with Gasteiger partial charge in [-0.2, -0.15) is 31.4 Å². The topological polar surface area (TPSA) is 38.0 Å². The van der Waals surface area contributed by atoms with Gasteiger partial charge in [0.2, 0.25) is 0 Å². The van der Waals surface area contributed by atoms with Gasteiger partial charge >= 0.3 is 12.4 Å². The first-order valence-electron chi connectivity index (χ1n) is 5.02. The van der Waals surface area contributed by atoms with Crippen molar-refractivity contribution in [2.45, 2.75) is 31.9 Å². The van der Waals surface area contributed by atoms with Crippen molar-refractivity contribution in [3.8, 4) is 0 Å². The van der Waals surface area contributed by atoms with Crippen LogP contribution in [0.15, 0.2) is 6.20 Å². The molecule has 1 rings (SSSR count). The van der Waals surface area contributed by atoms with Crippen LogP contribution >= 0.6 is 11.6 Å². The van der Waals surface area contributed by atoms with Crippen LogP contribution in [0.1, 0.15) is 18.7 Å². The molecule has 19 heavy (non-hydrogen) atoms. The largest absolute Gasteiger partial charge is 0.403 e. The SMILES string of the molecule is CCn1ncc(Cl)c1C(O)C(C(F)(F)F)C(F)(F)F. The third kappa shape index (κ3) is 3.33. The number of aliphatic hydroxyl groups is 1. The molecule has 0 aliphatic carbocycles. The van der Waals surface area contributed by atoms with E-state index >= 15 is 0 Å². The van der Waals surface area contributed by atoms with Gasteiger partial charge in [0.15, 0.2) is 5.92 Å². The standard InChI is InChI=1S/C9H9ClF6N2O/c1-2-18-5(4(10)3-17-18)6(19)7(8(11,12)13)9(14,15)16/h3,6-7,19H,2H2,1H3. The molecule has 0 aliphatic heterocycles. The summed E-state index contributed by atoms with van der Waals surface area (Å²) in [5.74, 6) is -3.92. The Bertz CT molecular complexity index is 427. The monoisotopic (exact) mass is 310 g/mol. The minimum atomic E-state index is -5.65. The van der Waals surface area contributed by atoms with Gasteiger partial charge in [-0.05, 0) is 6.92 Å². The molecule has 10 heteroatoms. The highest BCUT2D eigenvalue weighted by atomic mass is 35.5. The van der Waals surface area contributed by atoms with Gasteiger partial charge in [0.05, 0.1) is 16.9 Å². The zero-order valence-corrected chi connectivity index (χ0v) is 10.2. The summed E-state index contributed by atoms with van der Waals surface area (Å²) in [6.07, 6.45) is -13.3. The Hall–Kier alpha value is -0.960. The lowest BCUT2D eigenvalue weighted by atomic mass is 9.98. The summed E-state index contributed by atoms with van der Waals surface area (Å²) in [7, 11) is 0. The number of aromatic nitrogens is 2. The van der Waals surface area contributed by atoms with Crippen LogP contribution in [0.2, 0.25) is 5.02 Å². The summed E-state index contributed by atoms with van der Waals surface area (Å²) < 4.78 is 75.6. The van der Waals surface area contributed by atoms with Gasteiger partial charge in [0, 0.05) is 6.54 Å². The van der Waals surface area contributed by atoms with E-state index in [-0.39, 0.29) is 6.54 Å². The van der Waals surface area contributed by atoms with Gasteiger partial charge in [-0.3, -0.25) is 4.68 Å². The second-order valence-corrected chi connectivity index (χ2v) is 4.11. The average Bonchev–Trinajstić information content (AvgIpc) is 2.54. The van der Waals surface area contributed by atoms with Gasteiger partial charge < -0.3 is 5.11 Å². The van der Waals surface area contributed by atoms with Crippen LogP contribution < -0.4 is 0 Å². The van der Waals surface area contributed by atoms with E-state index in [9.17, 15) is 31.4 Å². The van der Waals surface area contributed by atoms with E-state index < -0.39 is 35.1 Å². The third-order valence-corrected chi connectivity index (χ3v) is 2.73. The highest BCUT2D eigenvalue weighted by molar-refractivity contribution is 6.31. The molecule has 0 fully saturated rings. The van der Waals surface area contributed by atoms with E-state index in [2.05, 4.69) is 5.10 Å². The van der Waals surface area contributed by atoms with Crippen LogP contribution in [0.5, 0.6) is 0 Å².